The highest BCUT2D eigenvalue weighted by Gasteiger charge is 2.19. The molecule has 2 aromatic carbocycles. The van der Waals surface area contributed by atoms with Gasteiger partial charge >= 0.3 is 0 Å². The summed E-state index contributed by atoms with van der Waals surface area (Å²) in [5.41, 5.74) is 2.10. The van der Waals surface area contributed by atoms with Gasteiger partial charge in [0.2, 0.25) is 0 Å². The second kappa shape index (κ2) is 11.8. The van der Waals surface area contributed by atoms with E-state index in [2.05, 4.69) is 34.1 Å². The maximum absolute atomic E-state index is 14.6. The average molecular weight is 502 g/mol. The number of nitriles is 1. The Balaban J connectivity index is 1.55. The Morgan fingerprint density at radius 3 is 2.73 bits per heavy atom. The lowest BCUT2D eigenvalue weighted by Gasteiger charge is -2.28. The fraction of sp³-hybridized carbons (Fsp3) is 0.345. The molecule has 192 valence electrons. The zero-order valence-electron chi connectivity index (χ0n) is 21.3. The van der Waals surface area contributed by atoms with E-state index in [1.54, 1.807) is 13.2 Å². The molecule has 0 aliphatic carbocycles. The molecule has 0 atom stereocenters. The van der Waals surface area contributed by atoms with E-state index >= 15 is 0 Å². The van der Waals surface area contributed by atoms with Crippen molar-refractivity contribution < 1.29 is 13.9 Å². The fourth-order valence-corrected chi connectivity index (χ4v) is 4.63. The van der Waals surface area contributed by atoms with Crippen molar-refractivity contribution in [3.05, 3.63) is 66.1 Å². The number of nitrogens with zero attached hydrogens (tertiary/aromatic N) is 3. The van der Waals surface area contributed by atoms with Crippen molar-refractivity contribution in [1.82, 2.24) is 15.2 Å². The first-order valence-corrected chi connectivity index (χ1v) is 12.5. The first kappa shape index (κ1) is 26.1. The molecule has 1 aliphatic heterocycles. The third kappa shape index (κ3) is 6.25. The maximum Gasteiger partial charge on any atom is 0.272 e. The number of carbonyl (C=O) groups excluding carboxylic acids is 1. The molecule has 1 aliphatic rings. The molecule has 1 fully saturated rings. The molecule has 0 spiro atoms. The van der Waals surface area contributed by atoms with Crippen molar-refractivity contribution in [2.75, 3.05) is 45.7 Å². The molecule has 0 saturated carbocycles. The minimum Gasteiger partial charge on any atom is -0.495 e. The Bertz CT molecular complexity index is 1340. The third-order valence-corrected chi connectivity index (χ3v) is 6.87. The summed E-state index contributed by atoms with van der Waals surface area (Å²) in [6, 6.07) is 14.4. The first-order valence-electron chi connectivity index (χ1n) is 12.5. The van der Waals surface area contributed by atoms with Crippen LogP contribution >= 0.6 is 0 Å². The molecule has 2 N–H and O–H groups in total. The zero-order valence-corrected chi connectivity index (χ0v) is 21.3. The number of likely N-dealkylation sites (tertiary alicyclic amines) is 1. The van der Waals surface area contributed by atoms with E-state index in [-0.39, 0.29) is 12.2 Å². The van der Waals surface area contributed by atoms with Crippen LogP contribution in [-0.2, 0) is 0 Å². The van der Waals surface area contributed by atoms with Gasteiger partial charge in [-0.2, -0.15) is 5.26 Å². The van der Waals surface area contributed by atoms with Crippen LogP contribution in [-0.4, -0.2) is 56.1 Å². The van der Waals surface area contributed by atoms with E-state index in [0.29, 0.717) is 35.2 Å². The van der Waals surface area contributed by atoms with Crippen molar-refractivity contribution in [1.29, 1.82) is 5.26 Å². The molecule has 7 nitrogen and oxygen atoms in total. The number of benzene rings is 2. The molecule has 8 heteroatoms. The average Bonchev–Trinajstić information content (AvgIpc) is 2.92. The van der Waals surface area contributed by atoms with Crippen LogP contribution in [0.5, 0.6) is 5.75 Å². The number of anilines is 1. The number of hydrogen-bond acceptors (Lipinski definition) is 6. The molecule has 3 aromatic rings. The number of carbonyl (C=O) groups is 1. The zero-order chi connectivity index (χ0) is 26.4. The van der Waals surface area contributed by atoms with Gasteiger partial charge in [-0.05, 0) is 75.0 Å². The number of hydrogen-bond donors (Lipinski definition) is 2. The van der Waals surface area contributed by atoms with Gasteiger partial charge < -0.3 is 20.3 Å². The molecule has 0 bridgehead atoms. The Morgan fingerprint density at radius 2 is 2.00 bits per heavy atom. The highest BCUT2D eigenvalue weighted by Crippen LogP contribution is 2.35. The number of amides is 1. The predicted octanol–water partition coefficient (Wildman–Crippen LogP) is 5.00. The van der Waals surface area contributed by atoms with E-state index in [1.165, 1.54) is 6.07 Å². The van der Waals surface area contributed by atoms with Gasteiger partial charge in [0.05, 0.1) is 24.6 Å². The quantitative estimate of drug-likeness (QED) is 0.401. The van der Waals surface area contributed by atoms with Crippen LogP contribution in [0.3, 0.4) is 0 Å². The molecule has 1 amide bonds. The van der Waals surface area contributed by atoms with Gasteiger partial charge in [0.1, 0.15) is 5.75 Å². The van der Waals surface area contributed by atoms with Crippen LogP contribution in [0.4, 0.5) is 10.1 Å². The van der Waals surface area contributed by atoms with E-state index in [1.807, 2.05) is 36.4 Å². The Labute approximate surface area is 216 Å². The van der Waals surface area contributed by atoms with E-state index in [4.69, 9.17) is 10.00 Å². The van der Waals surface area contributed by atoms with Crippen LogP contribution in [0.1, 0.15) is 29.8 Å². The normalized spacial score (nSPS) is 14.2. The van der Waals surface area contributed by atoms with Crippen molar-refractivity contribution >= 4 is 22.4 Å². The summed E-state index contributed by atoms with van der Waals surface area (Å²) in [5.74, 6) is 0.0305. The summed E-state index contributed by atoms with van der Waals surface area (Å²) in [6.45, 7) is 6.63. The topological polar surface area (TPSA) is 90.3 Å². The van der Waals surface area contributed by atoms with Gasteiger partial charge in [0, 0.05) is 29.6 Å². The molecular weight excluding hydrogens is 469 g/mol. The highest BCUT2D eigenvalue weighted by atomic mass is 19.1. The summed E-state index contributed by atoms with van der Waals surface area (Å²) in [7, 11) is 3.70. The summed E-state index contributed by atoms with van der Waals surface area (Å²) < 4.78 is 20.1. The van der Waals surface area contributed by atoms with Gasteiger partial charge in [0.25, 0.3) is 5.91 Å². The van der Waals surface area contributed by atoms with Crippen molar-refractivity contribution in [3.8, 4) is 23.1 Å². The van der Waals surface area contributed by atoms with E-state index in [0.717, 1.165) is 48.7 Å². The molecule has 0 radical (unpaired) electrons. The lowest BCUT2D eigenvalue weighted by Crippen LogP contribution is -2.33. The van der Waals surface area contributed by atoms with Crippen LogP contribution in [0.25, 0.3) is 22.0 Å². The number of fused-ring (bicyclic) bond motifs is 1. The second-order valence-corrected chi connectivity index (χ2v) is 9.47. The Kier molecular flexibility index (Phi) is 8.36. The number of methoxy groups -OCH3 is 1. The highest BCUT2D eigenvalue weighted by molar-refractivity contribution is 5.99. The maximum atomic E-state index is 14.6. The molecule has 1 aromatic heterocycles. The van der Waals surface area contributed by atoms with Gasteiger partial charge in [-0.15, -0.1) is 0 Å². The molecule has 4 rings (SSSR count). The van der Waals surface area contributed by atoms with Crippen LogP contribution < -0.4 is 15.4 Å². The Hall–Kier alpha value is -3.96. The van der Waals surface area contributed by atoms with Crippen molar-refractivity contribution in [2.45, 2.75) is 19.3 Å². The lowest BCUT2D eigenvalue weighted by molar-refractivity contribution is 0.0939. The minimum atomic E-state index is -0.652. The summed E-state index contributed by atoms with van der Waals surface area (Å²) in [6.07, 6.45) is 3.10. The number of rotatable bonds is 9. The second-order valence-electron chi connectivity index (χ2n) is 9.47. The molecule has 2 heterocycles. The van der Waals surface area contributed by atoms with Crippen LogP contribution in [0, 0.1) is 23.1 Å². The summed E-state index contributed by atoms with van der Waals surface area (Å²) in [4.78, 5) is 19.5. The smallest absolute Gasteiger partial charge is 0.272 e. The van der Waals surface area contributed by atoms with Crippen LogP contribution in [0.2, 0.25) is 0 Å². The number of pyridine rings is 1. The van der Waals surface area contributed by atoms with Crippen molar-refractivity contribution in [3.63, 3.8) is 0 Å². The minimum absolute atomic E-state index is 0.213. The third-order valence-electron chi connectivity index (χ3n) is 6.87. The van der Waals surface area contributed by atoms with Gasteiger partial charge in [-0.3, -0.25) is 4.79 Å². The van der Waals surface area contributed by atoms with Crippen molar-refractivity contribution in [2.24, 2.45) is 5.92 Å². The fourth-order valence-electron chi connectivity index (χ4n) is 4.63. The van der Waals surface area contributed by atoms with E-state index in [9.17, 15) is 9.18 Å². The molecular formula is C29H32FN5O2. The standard InChI is InChI=1S/C29H32FN5O2/c1-19(17-31)18-33-27-23-16-22(5-4-21(23)6-9-26(27)37-3)25-8-7-24(30)28(34-25)29(36)32-13-10-20-11-14-35(2)15-12-20/h4-9,16,20,33H,1,10-15,18H2,2-3H3,(H,32,36). The summed E-state index contributed by atoms with van der Waals surface area (Å²) >= 11 is 0. The SMILES string of the molecule is C=C(C#N)CNc1c(OC)ccc2ccc(-c3ccc(F)c(C(=O)NCCC4CCN(C)CC4)n3)cc12. The lowest BCUT2D eigenvalue weighted by atomic mass is 9.94. The predicted molar refractivity (Wildman–Crippen MR) is 144 cm³/mol. The monoisotopic (exact) mass is 501 g/mol. The molecule has 0 unspecified atom stereocenters. The summed E-state index contributed by atoms with van der Waals surface area (Å²) in [5, 5.41) is 16.9. The number of aromatic nitrogens is 1. The van der Waals surface area contributed by atoms with Gasteiger partial charge in [-0.1, -0.05) is 24.8 Å². The first-order chi connectivity index (χ1) is 17.9. The Morgan fingerprint density at radius 1 is 1.24 bits per heavy atom. The molecule has 37 heavy (non-hydrogen) atoms. The van der Waals surface area contributed by atoms with Gasteiger partial charge in [0.15, 0.2) is 11.5 Å². The van der Waals surface area contributed by atoms with Gasteiger partial charge in [-0.25, -0.2) is 9.37 Å². The molecule has 1 saturated heterocycles. The number of nitrogens with one attached hydrogen (secondary N) is 2. The number of ether oxygens (including phenoxy) is 1. The van der Waals surface area contributed by atoms with E-state index < -0.39 is 11.7 Å². The number of piperidine rings is 1. The van der Waals surface area contributed by atoms with Crippen LogP contribution in [0.15, 0.2) is 54.6 Å². The number of halogens is 1. The largest absolute Gasteiger partial charge is 0.495 e.